The van der Waals surface area contributed by atoms with Gasteiger partial charge in [0.05, 0.1) is 19.4 Å². The zero-order valence-corrected chi connectivity index (χ0v) is 11.6. The van der Waals surface area contributed by atoms with Crippen molar-refractivity contribution in [3.63, 3.8) is 0 Å². The highest BCUT2D eigenvalue weighted by Gasteiger charge is 2.14. The van der Waals surface area contributed by atoms with Crippen LogP contribution in [0, 0.1) is 6.92 Å². The SMILES string of the molecule is CCn1nc(-c2ccc(Cl)s2)c(Br)c1C. The third kappa shape index (κ3) is 1.98. The average molecular weight is 306 g/mol. The molecule has 2 aromatic rings. The number of aromatic nitrogens is 2. The van der Waals surface area contributed by atoms with Crippen LogP contribution in [0.2, 0.25) is 4.34 Å². The summed E-state index contributed by atoms with van der Waals surface area (Å²) in [6.45, 7) is 5.01. The smallest absolute Gasteiger partial charge is 0.117 e. The molecule has 2 aromatic heterocycles. The minimum atomic E-state index is 0.792. The van der Waals surface area contributed by atoms with Crippen molar-refractivity contribution < 1.29 is 0 Å². The molecular weight excluding hydrogens is 296 g/mol. The lowest BCUT2D eigenvalue weighted by molar-refractivity contribution is 0.641. The molecule has 5 heteroatoms. The highest BCUT2D eigenvalue weighted by Crippen LogP contribution is 2.36. The van der Waals surface area contributed by atoms with Crippen LogP contribution in [0.1, 0.15) is 12.6 Å². The Morgan fingerprint density at radius 3 is 2.73 bits per heavy atom. The van der Waals surface area contributed by atoms with Gasteiger partial charge in [-0.3, -0.25) is 4.68 Å². The van der Waals surface area contributed by atoms with Crippen LogP contribution < -0.4 is 0 Å². The molecule has 2 heterocycles. The second-order valence-corrected chi connectivity index (χ2v) is 5.68. The fourth-order valence-corrected chi connectivity index (χ4v) is 3.09. The first kappa shape index (κ1) is 11.2. The Hall–Kier alpha value is -0.320. The molecule has 2 nitrogen and oxygen atoms in total. The van der Waals surface area contributed by atoms with Crippen LogP contribution in [0.3, 0.4) is 0 Å². The zero-order chi connectivity index (χ0) is 11.0. The fraction of sp³-hybridized carbons (Fsp3) is 0.300. The van der Waals surface area contributed by atoms with Crippen LogP contribution in [0.4, 0.5) is 0 Å². The van der Waals surface area contributed by atoms with E-state index in [-0.39, 0.29) is 0 Å². The first-order valence-corrected chi connectivity index (χ1v) is 6.60. The highest BCUT2D eigenvalue weighted by atomic mass is 79.9. The van der Waals surface area contributed by atoms with E-state index in [1.54, 1.807) is 11.3 Å². The second-order valence-electron chi connectivity index (χ2n) is 3.17. The summed E-state index contributed by atoms with van der Waals surface area (Å²) in [5, 5.41) is 4.53. The van der Waals surface area contributed by atoms with Crippen LogP contribution in [0.25, 0.3) is 10.6 Å². The number of halogens is 2. The van der Waals surface area contributed by atoms with Crippen molar-refractivity contribution in [2.24, 2.45) is 0 Å². The fourth-order valence-electron chi connectivity index (χ4n) is 1.43. The van der Waals surface area contributed by atoms with E-state index in [4.69, 9.17) is 11.6 Å². The van der Waals surface area contributed by atoms with E-state index in [1.165, 1.54) is 0 Å². The molecule has 2 rings (SSSR count). The maximum atomic E-state index is 5.91. The summed E-state index contributed by atoms with van der Waals surface area (Å²) in [6.07, 6.45) is 0. The molecule has 0 aliphatic carbocycles. The van der Waals surface area contributed by atoms with E-state index in [9.17, 15) is 0 Å². The molecule has 0 unspecified atom stereocenters. The number of rotatable bonds is 2. The Morgan fingerprint density at radius 2 is 2.27 bits per heavy atom. The van der Waals surface area contributed by atoms with Gasteiger partial charge in [-0.05, 0) is 41.9 Å². The number of hydrogen-bond acceptors (Lipinski definition) is 2. The molecule has 0 aromatic carbocycles. The van der Waals surface area contributed by atoms with Crippen LogP contribution in [0.15, 0.2) is 16.6 Å². The van der Waals surface area contributed by atoms with Gasteiger partial charge in [0, 0.05) is 6.54 Å². The first-order valence-electron chi connectivity index (χ1n) is 4.62. The zero-order valence-electron chi connectivity index (χ0n) is 8.42. The lowest BCUT2D eigenvalue weighted by Gasteiger charge is -1.96. The topological polar surface area (TPSA) is 17.8 Å². The van der Waals surface area contributed by atoms with Gasteiger partial charge in [-0.2, -0.15) is 5.10 Å². The molecule has 0 radical (unpaired) electrons. The maximum Gasteiger partial charge on any atom is 0.117 e. The van der Waals surface area contributed by atoms with E-state index in [0.717, 1.165) is 31.6 Å². The van der Waals surface area contributed by atoms with E-state index >= 15 is 0 Å². The van der Waals surface area contributed by atoms with E-state index in [1.807, 2.05) is 16.8 Å². The quantitative estimate of drug-likeness (QED) is 0.806. The summed E-state index contributed by atoms with van der Waals surface area (Å²) < 4.78 is 3.83. The molecule has 0 bridgehead atoms. The van der Waals surface area contributed by atoms with Gasteiger partial charge in [0.25, 0.3) is 0 Å². The lowest BCUT2D eigenvalue weighted by Crippen LogP contribution is -1.98. The molecule has 80 valence electrons. The van der Waals surface area contributed by atoms with Gasteiger partial charge in [0.1, 0.15) is 5.69 Å². The van der Waals surface area contributed by atoms with Gasteiger partial charge >= 0.3 is 0 Å². The summed E-state index contributed by atoms with van der Waals surface area (Å²) in [7, 11) is 0. The predicted octanol–water partition coefficient (Wildman–Crippen LogP) is 4.36. The van der Waals surface area contributed by atoms with Crippen LogP contribution in [-0.4, -0.2) is 9.78 Å². The van der Waals surface area contributed by atoms with Crippen molar-refractivity contribution in [3.05, 3.63) is 26.6 Å². The normalized spacial score (nSPS) is 10.9. The van der Waals surface area contributed by atoms with Crippen LogP contribution in [-0.2, 0) is 6.54 Å². The maximum absolute atomic E-state index is 5.91. The predicted molar refractivity (Wildman–Crippen MR) is 68.7 cm³/mol. The largest absolute Gasteiger partial charge is 0.268 e. The van der Waals surface area contributed by atoms with Crippen molar-refractivity contribution in [2.45, 2.75) is 20.4 Å². The van der Waals surface area contributed by atoms with Crippen molar-refractivity contribution in [1.82, 2.24) is 9.78 Å². The van der Waals surface area contributed by atoms with Crippen molar-refractivity contribution >= 4 is 38.9 Å². The number of thiophene rings is 1. The summed E-state index contributed by atoms with van der Waals surface area (Å²) in [4.78, 5) is 1.10. The Bertz CT molecular complexity index is 490. The lowest BCUT2D eigenvalue weighted by atomic mass is 10.3. The molecule has 0 aliphatic rings. The molecule has 0 spiro atoms. The number of aryl methyl sites for hydroxylation is 1. The van der Waals surface area contributed by atoms with Gasteiger partial charge in [0.2, 0.25) is 0 Å². The minimum Gasteiger partial charge on any atom is -0.268 e. The third-order valence-electron chi connectivity index (χ3n) is 2.24. The molecule has 0 atom stereocenters. The summed E-state index contributed by atoms with van der Waals surface area (Å²) >= 11 is 11.0. The van der Waals surface area contributed by atoms with Crippen molar-refractivity contribution in [1.29, 1.82) is 0 Å². The Labute approximate surface area is 106 Å². The highest BCUT2D eigenvalue weighted by molar-refractivity contribution is 9.10. The Balaban J connectivity index is 2.53. The minimum absolute atomic E-state index is 0.792. The van der Waals surface area contributed by atoms with Gasteiger partial charge in [-0.25, -0.2) is 0 Å². The van der Waals surface area contributed by atoms with Gasteiger partial charge in [-0.1, -0.05) is 11.6 Å². The second kappa shape index (κ2) is 4.28. The Kier molecular flexibility index (Phi) is 3.19. The Morgan fingerprint density at radius 1 is 1.53 bits per heavy atom. The van der Waals surface area contributed by atoms with Gasteiger partial charge in [0.15, 0.2) is 0 Å². The van der Waals surface area contributed by atoms with Gasteiger partial charge < -0.3 is 0 Å². The molecule has 0 amide bonds. The van der Waals surface area contributed by atoms with Crippen LogP contribution >= 0.6 is 38.9 Å². The van der Waals surface area contributed by atoms with E-state index in [0.29, 0.717) is 0 Å². The molecule has 0 saturated heterocycles. The number of hydrogen-bond donors (Lipinski definition) is 0. The van der Waals surface area contributed by atoms with Crippen molar-refractivity contribution in [2.75, 3.05) is 0 Å². The molecule has 15 heavy (non-hydrogen) atoms. The monoisotopic (exact) mass is 304 g/mol. The van der Waals surface area contributed by atoms with Crippen LogP contribution in [0.5, 0.6) is 0 Å². The molecule has 0 fully saturated rings. The molecule has 0 N–H and O–H groups in total. The van der Waals surface area contributed by atoms with E-state index in [2.05, 4.69) is 34.9 Å². The molecule has 0 aliphatic heterocycles. The van der Waals surface area contributed by atoms with Gasteiger partial charge in [-0.15, -0.1) is 11.3 Å². The van der Waals surface area contributed by atoms with Crippen molar-refractivity contribution in [3.8, 4) is 10.6 Å². The molecule has 0 saturated carbocycles. The average Bonchev–Trinajstić information content (AvgIpc) is 2.74. The molecular formula is C10H10BrClN2S. The third-order valence-corrected chi connectivity index (χ3v) is 4.43. The standard InChI is InChI=1S/C10H10BrClN2S/c1-3-14-6(2)9(11)10(13-14)7-4-5-8(12)15-7/h4-5H,3H2,1-2H3. The van der Waals surface area contributed by atoms with E-state index < -0.39 is 0 Å². The first-order chi connectivity index (χ1) is 7.13. The number of nitrogens with zero attached hydrogens (tertiary/aromatic N) is 2. The summed E-state index contributed by atoms with van der Waals surface area (Å²) in [6, 6.07) is 3.90. The summed E-state index contributed by atoms with van der Waals surface area (Å²) in [5.74, 6) is 0. The summed E-state index contributed by atoms with van der Waals surface area (Å²) in [5.41, 5.74) is 2.13.